The van der Waals surface area contributed by atoms with Gasteiger partial charge in [-0.2, -0.15) is 0 Å². The van der Waals surface area contributed by atoms with E-state index >= 15 is 0 Å². The van der Waals surface area contributed by atoms with Crippen molar-refractivity contribution in [3.05, 3.63) is 34.9 Å². The second kappa shape index (κ2) is 7.43. The average Bonchev–Trinajstić information content (AvgIpc) is 2.48. The highest BCUT2D eigenvalue weighted by molar-refractivity contribution is 6.31. The molecule has 1 aliphatic heterocycles. The first-order chi connectivity index (χ1) is 11.2. The molecule has 0 spiro atoms. The van der Waals surface area contributed by atoms with Crippen LogP contribution in [-0.4, -0.2) is 40.8 Å². The average molecular weight is 354 g/mol. The van der Waals surface area contributed by atoms with Crippen molar-refractivity contribution in [3.8, 4) is 0 Å². The number of likely N-dealkylation sites (tertiary alicyclic amines) is 1. The minimum absolute atomic E-state index is 0.191. The van der Waals surface area contributed by atoms with E-state index in [9.17, 15) is 14.7 Å². The van der Waals surface area contributed by atoms with Gasteiger partial charge in [-0.1, -0.05) is 29.8 Å². The summed E-state index contributed by atoms with van der Waals surface area (Å²) in [5, 5.41) is 10.2. The Morgan fingerprint density at radius 2 is 2.00 bits per heavy atom. The van der Waals surface area contributed by atoms with Crippen LogP contribution in [0.4, 0.5) is 4.79 Å². The van der Waals surface area contributed by atoms with Crippen molar-refractivity contribution in [2.75, 3.05) is 13.1 Å². The van der Waals surface area contributed by atoms with Gasteiger partial charge in [0.1, 0.15) is 5.60 Å². The third-order valence-electron chi connectivity index (χ3n) is 4.09. The number of halogens is 1. The second-order valence-electron chi connectivity index (χ2n) is 7.17. The summed E-state index contributed by atoms with van der Waals surface area (Å²) in [5.74, 6) is -1.84. The highest BCUT2D eigenvalue weighted by atomic mass is 35.5. The molecule has 0 aliphatic carbocycles. The number of carboxylic acids is 1. The van der Waals surface area contributed by atoms with Gasteiger partial charge in [-0.05, 0) is 51.2 Å². The molecule has 1 aromatic carbocycles. The van der Waals surface area contributed by atoms with E-state index in [4.69, 9.17) is 16.3 Å². The topological polar surface area (TPSA) is 66.8 Å². The van der Waals surface area contributed by atoms with Crippen molar-refractivity contribution in [3.63, 3.8) is 0 Å². The van der Waals surface area contributed by atoms with E-state index in [0.29, 0.717) is 23.7 Å². The van der Waals surface area contributed by atoms with E-state index in [1.807, 2.05) is 20.8 Å². The van der Waals surface area contributed by atoms with E-state index < -0.39 is 23.6 Å². The number of nitrogens with zero attached hydrogens (tertiary/aromatic N) is 1. The Bertz CT molecular complexity index is 611. The number of carboxylic acid groups (broad SMARTS) is 1. The van der Waals surface area contributed by atoms with Gasteiger partial charge in [0.15, 0.2) is 0 Å². The second-order valence-corrected chi connectivity index (χ2v) is 7.57. The summed E-state index contributed by atoms with van der Waals surface area (Å²) in [6.07, 6.45) is 1.09. The Balaban J connectivity index is 2.18. The monoisotopic (exact) mass is 353 g/mol. The van der Waals surface area contributed by atoms with Gasteiger partial charge in [-0.25, -0.2) is 4.79 Å². The molecule has 1 aliphatic rings. The highest BCUT2D eigenvalue weighted by Crippen LogP contribution is 2.35. The van der Waals surface area contributed by atoms with E-state index in [1.54, 1.807) is 29.2 Å². The summed E-state index contributed by atoms with van der Waals surface area (Å²) in [4.78, 5) is 25.8. The number of rotatable bonds is 3. The zero-order valence-electron chi connectivity index (χ0n) is 14.3. The first-order valence-electron chi connectivity index (χ1n) is 8.14. The van der Waals surface area contributed by atoms with Gasteiger partial charge in [0.25, 0.3) is 0 Å². The number of benzene rings is 1. The lowest BCUT2D eigenvalue weighted by Gasteiger charge is -2.36. The summed E-state index contributed by atoms with van der Waals surface area (Å²) in [5.41, 5.74) is 0.0293. The van der Waals surface area contributed by atoms with E-state index in [0.717, 1.165) is 12.8 Å². The molecule has 1 saturated heterocycles. The molecule has 0 saturated carbocycles. The maximum atomic E-state index is 12.3. The van der Waals surface area contributed by atoms with Crippen LogP contribution in [0.2, 0.25) is 5.02 Å². The Morgan fingerprint density at radius 3 is 2.58 bits per heavy atom. The molecule has 1 amide bonds. The molecule has 1 fully saturated rings. The van der Waals surface area contributed by atoms with Gasteiger partial charge in [-0.3, -0.25) is 4.79 Å². The van der Waals surface area contributed by atoms with Crippen molar-refractivity contribution >= 4 is 23.7 Å². The van der Waals surface area contributed by atoms with Crippen molar-refractivity contribution in [2.45, 2.75) is 45.1 Å². The Morgan fingerprint density at radius 1 is 1.33 bits per heavy atom. The van der Waals surface area contributed by atoms with Crippen LogP contribution in [0.25, 0.3) is 0 Å². The SMILES string of the molecule is CC(C)(C)OC(=O)N1CCCC(C(C(=O)O)c2ccccc2Cl)C1. The molecule has 2 rings (SSSR count). The van der Waals surface area contributed by atoms with Gasteiger partial charge < -0.3 is 14.7 Å². The largest absolute Gasteiger partial charge is 0.481 e. The molecule has 2 unspecified atom stereocenters. The quantitative estimate of drug-likeness (QED) is 0.886. The standard InChI is InChI=1S/C18H24ClNO4/c1-18(2,3)24-17(23)20-10-6-7-12(11-20)15(16(21)22)13-8-4-5-9-14(13)19/h4-5,8-9,12,15H,6-7,10-11H2,1-3H3,(H,21,22). The summed E-state index contributed by atoms with van der Waals surface area (Å²) in [7, 11) is 0. The smallest absolute Gasteiger partial charge is 0.410 e. The molecule has 0 radical (unpaired) electrons. The molecule has 1 aromatic rings. The van der Waals surface area contributed by atoms with Gasteiger partial charge in [-0.15, -0.1) is 0 Å². The number of amides is 1. The number of ether oxygens (including phenoxy) is 1. The zero-order valence-corrected chi connectivity index (χ0v) is 15.0. The Kier molecular flexibility index (Phi) is 5.75. The van der Waals surface area contributed by atoms with E-state index in [2.05, 4.69) is 0 Å². The highest BCUT2D eigenvalue weighted by Gasteiger charge is 2.36. The van der Waals surface area contributed by atoms with Gasteiger partial charge in [0.05, 0.1) is 5.92 Å². The number of aliphatic carboxylic acids is 1. The molecule has 0 bridgehead atoms. The first kappa shape index (κ1) is 18.6. The number of hydrogen-bond donors (Lipinski definition) is 1. The number of carbonyl (C=O) groups excluding carboxylic acids is 1. The molecule has 132 valence electrons. The number of piperidine rings is 1. The molecule has 1 N–H and O–H groups in total. The van der Waals surface area contributed by atoms with Crippen LogP contribution in [0.3, 0.4) is 0 Å². The van der Waals surface area contributed by atoms with Crippen LogP contribution in [0.1, 0.15) is 45.1 Å². The van der Waals surface area contributed by atoms with Gasteiger partial charge in [0.2, 0.25) is 0 Å². The summed E-state index contributed by atoms with van der Waals surface area (Å²) in [6.45, 7) is 6.39. The molecular formula is C18H24ClNO4. The normalized spacial score (nSPS) is 19.7. The summed E-state index contributed by atoms with van der Waals surface area (Å²) in [6, 6.07) is 7.00. The van der Waals surface area contributed by atoms with E-state index in [-0.39, 0.29) is 5.92 Å². The summed E-state index contributed by atoms with van der Waals surface area (Å²) < 4.78 is 5.41. The molecule has 24 heavy (non-hydrogen) atoms. The van der Waals surface area contributed by atoms with Crippen LogP contribution in [0.5, 0.6) is 0 Å². The predicted octanol–water partition coefficient (Wildman–Crippen LogP) is 4.16. The minimum atomic E-state index is -0.917. The Labute approximate surface area is 147 Å². The number of carbonyl (C=O) groups is 2. The molecule has 2 atom stereocenters. The predicted molar refractivity (Wildman–Crippen MR) is 92.4 cm³/mol. The molecule has 1 heterocycles. The number of hydrogen-bond acceptors (Lipinski definition) is 3. The van der Waals surface area contributed by atoms with E-state index in [1.165, 1.54) is 0 Å². The Hall–Kier alpha value is -1.75. The molecule has 0 aromatic heterocycles. The lowest BCUT2D eigenvalue weighted by molar-refractivity contribution is -0.140. The molecule has 5 nitrogen and oxygen atoms in total. The van der Waals surface area contributed by atoms with Crippen molar-refractivity contribution in [2.24, 2.45) is 5.92 Å². The van der Waals surface area contributed by atoms with Gasteiger partial charge >= 0.3 is 12.1 Å². The third-order valence-corrected chi connectivity index (χ3v) is 4.43. The fourth-order valence-corrected chi connectivity index (χ4v) is 3.34. The maximum absolute atomic E-state index is 12.3. The van der Waals surface area contributed by atoms with Crippen LogP contribution in [0.15, 0.2) is 24.3 Å². The minimum Gasteiger partial charge on any atom is -0.481 e. The lowest BCUT2D eigenvalue weighted by atomic mass is 9.81. The van der Waals surface area contributed by atoms with Crippen LogP contribution in [-0.2, 0) is 9.53 Å². The fourth-order valence-electron chi connectivity index (χ4n) is 3.09. The van der Waals surface area contributed by atoms with Crippen LogP contribution >= 0.6 is 11.6 Å². The first-order valence-corrected chi connectivity index (χ1v) is 8.52. The van der Waals surface area contributed by atoms with Crippen LogP contribution < -0.4 is 0 Å². The lowest BCUT2D eigenvalue weighted by Crippen LogP contribution is -2.45. The van der Waals surface area contributed by atoms with Crippen molar-refractivity contribution in [1.29, 1.82) is 0 Å². The third kappa shape index (κ3) is 4.63. The van der Waals surface area contributed by atoms with Crippen LogP contribution in [0, 0.1) is 5.92 Å². The zero-order chi connectivity index (χ0) is 17.9. The summed E-state index contributed by atoms with van der Waals surface area (Å²) >= 11 is 6.20. The molecule has 6 heteroatoms. The fraction of sp³-hybridized carbons (Fsp3) is 0.556. The van der Waals surface area contributed by atoms with Crippen molar-refractivity contribution < 1.29 is 19.4 Å². The maximum Gasteiger partial charge on any atom is 0.410 e. The van der Waals surface area contributed by atoms with Gasteiger partial charge in [0, 0.05) is 18.1 Å². The molecular weight excluding hydrogens is 330 g/mol. The van der Waals surface area contributed by atoms with Crippen molar-refractivity contribution in [1.82, 2.24) is 4.90 Å².